The Kier molecular flexibility index (Phi) is 15.4. The zero-order valence-corrected chi connectivity index (χ0v) is 30.8. The fraction of sp³-hybridized carbons (Fsp3) is 0.579. The second kappa shape index (κ2) is 19.0. The van der Waals surface area contributed by atoms with Crippen molar-refractivity contribution in [3.63, 3.8) is 0 Å². The number of hydrogen-bond donors (Lipinski definition) is 1. The lowest BCUT2D eigenvalue weighted by molar-refractivity contribution is -0.145. The molecule has 1 atom stereocenters. The van der Waals surface area contributed by atoms with Crippen molar-refractivity contribution >= 4 is 39.2 Å². The predicted octanol–water partition coefficient (Wildman–Crippen LogP) is 7.38. The molecule has 1 heterocycles. The quantitative estimate of drug-likeness (QED) is 0.0588. The highest BCUT2D eigenvalue weighted by Gasteiger charge is 2.51. The Bertz CT molecular complexity index is 1510. The van der Waals surface area contributed by atoms with Gasteiger partial charge in [-0.1, -0.05) is 122 Å². The zero-order valence-electron chi connectivity index (χ0n) is 30.0. The molecule has 0 radical (unpaired) electrons. The van der Waals surface area contributed by atoms with Crippen LogP contribution < -0.4 is 10.1 Å². The molecule has 10 nitrogen and oxygen atoms in total. The van der Waals surface area contributed by atoms with Crippen molar-refractivity contribution in [2.75, 3.05) is 25.5 Å². The minimum Gasteiger partial charge on any atom is -0.495 e. The fourth-order valence-electron chi connectivity index (χ4n) is 6.14. The third kappa shape index (κ3) is 10.7. The maximum absolute atomic E-state index is 14.1. The second-order valence-electron chi connectivity index (χ2n) is 13.6. The van der Waals surface area contributed by atoms with Gasteiger partial charge >= 0.3 is 0 Å². The number of methoxy groups -OCH3 is 1. The van der Waals surface area contributed by atoms with Crippen molar-refractivity contribution < 1.29 is 32.3 Å². The summed E-state index contributed by atoms with van der Waals surface area (Å²) in [4.78, 5) is 54.9. The number of nitrogens with one attached hydrogen (secondary N) is 1. The Balaban J connectivity index is 1.92. The van der Waals surface area contributed by atoms with E-state index in [0.29, 0.717) is 13.1 Å². The molecule has 3 rings (SSSR count). The minimum atomic E-state index is -3.97. The van der Waals surface area contributed by atoms with E-state index < -0.39 is 45.0 Å². The van der Waals surface area contributed by atoms with E-state index in [1.807, 2.05) is 0 Å². The Labute approximate surface area is 293 Å². The number of rotatable bonds is 22. The van der Waals surface area contributed by atoms with E-state index in [9.17, 15) is 27.6 Å². The second-order valence-corrected chi connectivity index (χ2v) is 15.5. The first-order chi connectivity index (χ1) is 23.4. The summed E-state index contributed by atoms with van der Waals surface area (Å²) in [7, 11) is -2.59. The molecule has 1 aliphatic rings. The number of benzene rings is 2. The van der Waals surface area contributed by atoms with Gasteiger partial charge in [-0.2, -0.15) is 4.31 Å². The molecule has 1 saturated heterocycles. The third-order valence-corrected chi connectivity index (χ3v) is 11.0. The molecule has 0 aromatic heterocycles. The molecular weight excluding hydrogens is 642 g/mol. The molecule has 1 N–H and O–H groups in total. The molecule has 0 saturated carbocycles. The molecule has 2 aromatic rings. The average Bonchev–Trinajstić information content (AvgIpc) is 3.28. The zero-order chi connectivity index (χ0) is 36.0. The van der Waals surface area contributed by atoms with E-state index in [4.69, 9.17) is 4.74 Å². The number of Topliss-reactive ketones (excluding diaryl/α,β-unsaturated/α-hetero) is 1. The van der Waals surface area contributed by atoms with Gasteiger partial charge in [-0.25, -0.2) is 8.42 Å². The Morgan fingerprint density at radius 2 is 1.41 bits per heavy atom. The number of carbonyl (C=O) groups excluding carboxylic acids is 4. The number of nitrogens with zero attached hydrogens (tertiary/aromatic N) is 2. The van der Waals surface area contributed by atoms with Crippen molar-refractivity contribution in [1.82, 2.24) is 9.21 Å². The molecular formula is C38H55N3O7S. The van der Waals surface area contributed by atoms with Crippen molar-refractivity contribution in [3.05, 3.63) is 54.1 Å². The smallest absolute Gasteiger partial charge is 0.255 e. The van der Waals surface area contributed by atoms with E-state index in [1.54, 1.807) is 32.0 Å². The highest BCUT2D eigenvalue weighted by atomic mass is 32.2. The van der Waals surface area contributed by atoms with Crippen LogP contribution in [0.2, 0.25) is 0 Å². The molecule has 49 heavy (non-hydrogen) atoms. The molecule has 1 unspecified atom stereocenters. The summed E-state index contributed by atoms with van der Waals surface area (Å²) in [5.41, 5.74) is -0.929. The third-order valence-electron chi connectivity index (χ3n) is 9.06. The number of imide groups is 1. The highest BCUT2D eigenvalue weighted by Crippen LogP contribution is 2.35. The average molecular weight is 698 g/mol. The van der Waals surface area contributed by atoms with Crippen LogP contribution in [-0.2, 0) is 24.4 Å². The summed E-state index contributed by atoms with van der Waals surface area (Å²) in [5.74, 6) is -2.79. The van der Waals surface area contributed by atoms with Gasteiger partial charge in [0.15, 0.2) is 11.8 Å². The molecule has 11 heteroatoms. The molecule has 1 fully saturated rings. The SMILES string of the molecule is CCCCCCCCN(CCCCCCCC)S(=O)(=O)c1ccc(OC)c(NC(=O)C(C(=O)c2ccccc2)N2C(=O)CC(C)(C)C2=O)c1. The van der Waals surface area contributed by atoms with Gasteiger partial charge in [0.1, 0.15) is 5.75 Å². The summed E-state index contributed by atoms with van der Waals surface area (Å²) in [5, 5.41) is 2.64. The van der Waals surface area contributed by atoms with Gasteiger partial charge in [0.25, 0.3) is 5.91 Å². The number of unbranched alkanes of at least 4 members (excludes halogenated alkanes) is 10. The van der Waals surface area contributed by atoms with E-state index in [1.165, 1.54) is 41.7 Å². The van der Waals surface area contributed by atoms with Crippen LogP contribution in [0.25, 0.3) is 0 Å². The van der Waals surface area contributed by atoms with Crippen molar-refractivity contribution in [1.29, 1.82) is 0 Å². The topological polar surface area (TPSA) is 130 Å². The Hall–Kier alpha value is -3.57. The highest BCUT2D eigenvalue weighted by molar-refractivity contribution is 7.89. The minimum absolute atomic E-state index is 0.0110. The lowest BCUT2D eigenvalue weighted by Crippen LogP contribution is -2.52. The maximum Gasteiger partial charge on any atom is 0.255 e. The van der Waals surface area contributed by atoms with Gasteiger partial charge in [0, 0.05) is 25.1 Å². The van der Waals surface area contributed by atoms with Crippen molar-refractivity contribution in [2.24, 2.45) is 5.41 Å². The summed E-state index contributed by atoms with van der Waals surface area (Å²) < 4.78 is 35.2. The van der Waals surface area contributed by atoms with E-state index in [-0.39, 0.29) is 28.3 Å². The van der Waals surface area contributed by atoms with Crippen LogP contribution in [0.1, 0.15) is 122 Å². The Morgan fingerprint density at radius 3 is 1.92 bits per heavy atom. The van der Waals surface area contributed by atoms with Crippen LogP contribution in [0, 0.1) is 5.41 Å². The number of ether oxygens (including phenoxy) is 1. The molecule has 270 valence electrons. The standard InChI is InChI=1S/C38H55N3O7S/c1-6-8-10-12-14-19-25-40(26-20-15-13-11-9-7-2)49(46,47)30-23-24-32(48-5)31(27-30)39-36(44)34(35(43)29-21-17-16-18-22-29)41-33(42)28-38(3,4)37(41)45/h16-18,21-24,27,34H,6-15,19-20,25-26,28H2,1-5H3,(H,39,44). The first-order valence-corrected chi connectivity index (χ1v) is 19.3. The molecule has 3 amide bonds. The van der Waals surface area contributed by atoms with Gasteiger partial charge in [0.2, 0.25) is 21.8 Å². The number of ketones is 1. The summed E-state index contributed by atoms with van der Waals surface area (Å²) >= 11 is 0. The summed E-state index contributed by atoms with van der Waals surface area (Å²) in [6.45, 7) is 8.28. The molecule has 0 aliphatic carbocycles. The van der Waals surface area contributed by atoms with Crippen LogP contribution in [0.4, 0.5) is 5.69 Å². The lowest BCUT2D eigenvalue weighted by Gasteiger charge is -2.26. The van der Waals surface area contributed by atoms with E-state index in [2.05, 4.69) is 19.2 Å². The van der Waals surface area contributed by atoms with Gasteiger partial charge in [-0.15, -0.1) is 0 Å². The molecule has 2 aromatic carbocycles. The number of hydrogen-bond acceptors (Lipinski definition) is 7. The van der Waals surface area contributed by atoms with Gasteiger partial charge < -0.3 is 10.1 Å². The van der Waals surface area contributed by atoms with Gasteiger partial charge in [-0.3, -0.25) is 24.1 Å². The van der Waals surface area contributed by atoms with Crippen LogP contribution in [-0.4, -0.2) is 67.4 Å². The number of amides is 3. The molecule has 0 bridgehead atoms. The van der Waals surface area contributed by atoms with E-state index in [0.717, 1.165) is 81.9 Å². The Morgan fingerprint density at radius 1 is 0.857 bits per heavy atom. The summed E-state index contributed by atoms with van der Waals surface area (Å²) in [6.07, 6.45) is 12.2. The van der Waals surface area contributed by atoms with Crippen LogP contribution >= 0.6 is 0 Å². The lowest BCUT2D eigenvalue weighted by atomic mass is 9.92. The molecule has 1 aliphatic heterocycles. The summed E-state index contributed by atoms with van der Waals surface area (Å²) in [6, 6.07) is 10.4. The number of carbonyl (C=O) groups is 4. The maximum atomic E-state index is 14.1. The number of likely N-dealkylation sites (tertiary alicyclic amines) is 1. The monoisotopic (exact) mass is 697 g/mol. The molecule has 0 spiro atoms. The van der Waals surface area contributed by atoms with E-state index >= 15 is 0 Å². The first kappa shape index (κ1) is 39.9. The number of sulfonamides is 1. The van der Waals surface area contributed by atoms with Crippen LogP contribution in [0.15, 0.2) is 53.4 Å². The largest absolute Gasteiger partial charge is 0.495 e. The normalized spacial score (nSPS) is 15.1. The van der Waals surface area contributed by atoms with Crippen molar-refractivity contribution in [3.8, 4) is 5.75 Å². The van der Waals surface area contributed by atoms with Crippen LogP contribution in [0.3, 0.4) is 0 Å². The van der Waals surface area contributed by atoms with Crippen molar-refractivity contribution in [2.45, 2.75) is 122 Å². The predicted molar refractivity (Wildman–Crippen MR) is 192 cm³/mol. The van der Waals surface area contributed by atoms with Crippen LogP contribution in [0.5, 0.6) is 5.75 Å². The first-order valence-electron chi connectivity index (χ1n) is 17.8. The number of anilines is 1. The fourth-order valence-corrected chi connectivity index (χ4v) is 7.68. The van der Waals surface area contributed by atoms with Gasteiger partial charge in [-0.05, 0) is 31.0 Å². The van der Waals surface area contributed by atoms with Gasteiger partial charge in [0.05, 0.1) is 23.1 Å².